The Bertz CT molecular complexity index is 568. The normalized spacial score (nSPS) is 16.7. The second kappa shape index (κ2) is 6.20. The topological polar surface area (TPSA) is 72.2 Å². The van der Waals surface area contributed by atoms with Crippen molar-refractivity contribution in [3.63, 3.8) is 0 Å². The molecule has 1 saturated carbocycles. The van der Waals surface area contributed by atoms with Crippen LogP contribution in [0.2, 0.25) is 0 Å². The molecule has 1 fully saturated rings. The van der Waals surface area contributed by atoms with Crippen molar-refractivity contribution in [2.24, 2.45) is 5.92 Å². The van der Waals surface area contributed by atoms with E-state index in [0.717, 1.165) is 37.8 Å². The number of nitro groups is 1. The highest BCUT2D eigenvalue weighted by Gasteiger charge is 2.25. The molecule has 1 N–H and O–H groups in total. The van der Waals surface area contributed by atoms with Crippen LogP contribution in [0.4, 0.5) is 10.1 Å². The van der Waals surface area contributed by atoms with E-state index in [-0.39, 0.29) is 22.9 Å². The van der Waals surface area contributed by atoms with E-state index in [1.807, 2.05) is 6.92 Å². The minimum Gasteiger partial charge on any atom is -0.349 e. The van der Waals surface area contributed by atoms with E-state index in [0.29, 0.717) is 5.92 Å². The van der Waals surface area contributed by atoms with Gasteiger partial charge in [-0.05, 0) is 38.2 Å². The van der Waals surface area contributed by atoms with Gasteiger partial charge in [-0.2, -0.15) is 0 Å². The molecule has 1 aliphatic carbocycles. The molecule has 0 aromatic heterocycles. The van der Waals surface area contributed by atoms with Gasteiger partial charge in [0.25, 0.3) is 11.6 Å². The lowest BCUT2D eigenvalue weighted by Gasteiger charge is -2.20. The molecule has 1 aromatic rings. The van der Waals surface area contributed by atoms with Crippen molar-refractivity contribution in [3.8, 4) is 0 Å². The third-order valence-corrected chi connectivity index (χ3v) is 4.16. The van der Waals surface area contributed by atoms with Gasteiger partial charge in [0, 0.05) is 18.2 Å². The zero-order chi connectivity index (χ0) is 15.6. The second-order valence-corrected chi connectivity index (χ2v) is 5.69. The fourth-order valence-corrected chi connectivity index (χ4v) is 2.88. The zero-order valence-corrected chi connectivity index (χ0v) is 12.2. The fraction of sp³-hybridized carbons (Fsp3) is 0.533. The highest BCUT2D eigenvalue weighted by molar-refractivity contribution is 5.95. The lowest BCUT2D eigenvalue weighted by Crippen LogP contribution is -2.37. The Kier molecular flexibility index (Phi) is 4.55. The predicted octanol–water partition coefficient (Wildman–Crippen LogP) is 3.35. The van der Waals surface area contributed by atoms with Crippen LogP contribution in [0, 0.1) is 28.8 Å². The van der Waals surface area contributed by atoms with Crippen molar-refractivity contribution < 1.29 is 14.1 Å². The zero-order valence-electron chi connectivity index (χ0n) is 12.2. The molecule has 21 heavy (non-hydrogen) atoms. The van der Waals surface area contributed by atoms with Crippen molar-refractivity contribution in [1.82, 2.24) is 5.32 Å². The summed E-state index contributed by atoms with van der Waals surface area (Å²) in [6.45, 7) is 3.31. The minimum atomic E-state index is -0.697. The van der Waals surface area contributed by atoms with Crippen LogP contribution in [0.3, 0.4) is 0 Å². The van der Waals surface area contributed by atoms with Crippen LogP contribution in [-0.2, 0) is 0 Å². The van der Waals surface area contributed by atoms with Gasteiger partial charge in [-0.25, -0.2) is 4.39 Å². The van der Waals surface area contributed by atoms with Gasteiger partial charge in [0.15, 0.2) is 0 Å². The van der Waals surface area contributed by atoms with E-state index in [2.05, 4.69) is 5.32 Å². The number of aryl methyl sites for hydroxylation is 1. The highest BCUT2D eigenvalue weighted by Crippen LogP contribution is 2.28. The number of carbonyl (C=O) groups is 1. The summed E-state index contributed by atoms with van der Waals surface area (Å²) in [4.78, 5) is 22.4. The monoisotopic (exact) mass is 294 g/mol. The maximum atomic E-state index is 14.0. The lowest BCUT2D eigenvalue weighted by molar-refractivity contribution is -0.385. The molecule has 0 spiro atoms. The van der Waals surface area contributed by atoms with E-state index in [1.54, 1.807) is 0 Å². The molecule has 0 bridgehead atoms. The van der Waals surface area contributed by atoms with Gasteiger partial charge < -0.3 is 5.32 Å². The largest absolute Gasteiger partial charge is 0.349 e. The Labute approximate surface area is 122 Å². The van der Waals surface area contributed by atoms with E-state index >= 15 is 0 Å². The summed E-state index contributed by atoms with van der Waals surface area (Å²) in [6, 6.07) is 2.07. The first-order valence-electron chi connectivity index (χ1n) is 7.15. The number of carbonyl (C=O) groups excluding carboxylic acids is 1. The van der Waals surface area contributed by atoms with E-state index < -0.39 is 16.6 Å². The number of benzene rings is 1. The number of amides is 1. The number of rotatable bonds is 4. The molecular formula is C15H19FN2O3. The Morgan fingerprint density at radius 2 is 2.05 bits per heavy atom. The smallest absolute Gasteiger partial charge is 0.270 e. The minimum absolute atomic E-state index is 0.0565. The van der Waals surface area contributed by atoms with Gasteiger partial charge in [0.05, 0.1) is 10.5 Å². The Balaban J connectivity index is 2.19. The van der Waals surface area contributed by atoms with Gasteiger partial charge >= 0.3 is 0 Å². The molecule has 0 saturated heterocycles. The number of hydrogen-bond donors (Lipinski definition) is 1. The Morgan fingerprint density at radius 3 is 2.62 bits per heavy atom. The predicted molar refractivity (Wildman–Crippen MR) is 76.7 cm³/mol. The summed E-state index contributed by atoms with van der Waals surface area (Å²) in [5, 5.41) is 13.6. The van der Waals surface area contributed by atoms with Crippen molar-refractivity contribution in [2.45, 2.75) is 45.6 Å². The SMILES string of the molecule is Cc1cc([N+](=O)[O-])cc(C(=O)NC(C)C2CCCC2)c1F. The fourth-order valence-electron chi connectivity index (χ4n) is 2.88. The molecule has 1 amide bonds. The number of nitrogens with zero attached hydrogens (tertiary/aromatic N) is 1. The van der Waals surface area contributed by atoms with Gasteiger partial charge in [-0.1, -0.05) is 12.8 Å². The molecular weight excluding hydrogens is 275 g/mol. The van der Waals surface area contributed by atoms with Crippen LogP contribution in [0.1, 0.15) is 48.5 Å². The Morgan fingerprint density at radius 1 is 1.43 bits per heavy atom. The quantitative estimate of drug-likeness (QED) is 0.683. The standard InChI is InChI=1S/C15H19FN2O3/c1-9-7-12(18(20)21)8-13(14(9)16)15(19)17-10(2)11-5-3-4-6-11/h7-8,10-11H,3-6H2,1-2H3,(H,17,19). The van der Waals surface area contributed by atoms with Gasteiger partial charge in [-0.3, -0.25) is 14.9 Å². The molecule has 2 rings (SSSR count). The average Bonchev–Trinajstić information content (AvgIpc) is 2.95. The van der Waals surface area contributed by atoms with Crippen LogP contribution < -0.4 is 5.32 Å². The molecule has 0 aliphatic heterocycles. The Hall–Kier alpha value is -1.98. The molecule has 0 radical (unpaired) electrons. The molecule has 0 heterocycles. The number of nitro benzene ring substituents is 1. The van der Waals surface area contributed by atoms with E-state index in [4.69, 9.17) is 0 Å². The maximum Gasteiger partial charge on any atom is 0.270 e. The van der Waals surface area contributed by atoms with Crippen LogP contribution in [0.5, 0.6) is 0 Å². The van der Waals surface area contributed by atoms with Gasteiger partial charge in [0.2, 0.25) is 0 Å². The maximum absolute atomic E-state index is 14.0. The van der Waals surface area contributed by atoms with Crippen molar-refractivity contribution >= 4 is 11.6 Å². The first-order valence-corrected chi connectivity index (χ1v) is 7.15. The van der Waals surface area contributed by atoms with Crippen LogP contribution >= 0.6 is 0 Å². The summed E-state index contributed by atoms with van der Waals surface area (Å²) >= 11 is 0. The third kappa shape index (κ3) is 3.37. The molecule has 1 atom stereocenters. The summed E-state index contributed by atoms with van der Waals surface area (Å²) in [6.07, 6.45) is 4.40. The van der Waals surface area contributed by atoms with Gasteiger partial charge in [0.1, 0.15) is 5.82 Å². The first-order chi connectivity index (χ1) is 9.90. The molecule has 1 aliphatic rings. The lowest BCUT2D eigenvalue weighted by atomic mass is 9.99. The molecule has 1 unspecified atom stereocenters. The highest BCUT2D eigenvalue weighted by atomic mass is 19.1. The number of hydrogen-bond acceptors (Lipinski definition) is 3. The molecule has 6 heteroatoms. The average molecular weight is 294 g/mol. The molecule has 5 nitrogen and oxygen atoms in total. The molecule has 1 aromatic carbocycles. The van der Waals surface area contributed by atoms with Crippen LogP contribution in [0.15, 0.2) is 12.1 Å². The van der Waals surface area contributed by atoms with E-state index in [1.165, 1.54) is 6.92 Å². The van der Waals surface area contributed by atoms with E-state index in [9.17, 15) is 19.3 Å². The van der Waals surface area contributed by atoms with Crippen LogP contribution in [-0.4, -0.2) is 16.9 Å². The third-order valence-electron chi connectivity index (χ3n) is 4.16. The second-order valence-electron chi connectivity index (χ2n) is 5.69. The summed E-state index contributed by atoms with van der Waals surface area (Å²) in [5.41, 5.74) is -0.429. The van der Waals surface area contributed by atoms with Crippen molar-refractivity contribution in [1.29, 1.82) is 0 Å². The number of non-ortho nitro benzene ring substituents is 1. The van der Waals surface area contributed by atoms with Crippen molar-refractivity contribution in [3.05, 3.63) is 39.2 Å². The van der Waals surface area contributed by atoms with Crippen LogP contribution in [0.25, 0.3) is 0 Å². The summed E-state index contributed by atoms with van der Waals surface area (Å²) in [7, 11) is 0. The van der Waals surface area contributed by atoms with Crippen molar-refractivity contribution in [2.75, 3.05) is 0 Å². The first kappa shape index (κ1) is 15.4. The molecule has 114 valence electrons. The summed E-state index contributed by atoms with van der Waals surface area (Å²) in [5.74, 6) is -0.882. The number of nitrogens with one attached hydrogen (secondary N) is 1. The number of halogens is 1. The summed E-state index contributed by atoms with van der Waals surface area (Å²) < 4.78 is 14.0. The van der Waals surface area contributed by atoms with Gasteiger partial charge in [-0.15, -0.1) is 0 Å².